The molecule has 0 amide bonds. The van der Waals surface area contributed by atoms with Crippen LogP contribution in [0, 0.1) is 28.6 Å². The second-order valence-electron chi connectivity index (χ2n) is 10.7. The van der Waals surface area contributed by atoms with Gasteiger partial charge in [0.15, 0.2) is 5.78 Å². The minimum absolute atomic E-state index is 0.00516. The van der Waals surface area contributed by atoms with E-state index in [1.54, 1.807) is 12.3 Å². The van der Waals surface area contributed by atoms with Crippen LogP contribution in [0.25, 0.3) is 0 Å². The minimum atomic E-state index is -1.16. The fourth-order valence-corrected chi connectivity index (χ4v) is 6.88. The molecule has 6 atom stereocenters. The van der Waals surface area contributed by atoms with E-state index < -0.39 is 17.9 Å². The molecule has 0 aromatic carbocycles. The van der Waals surface area contributed by atoms with Crippen molar-refractivity contribution >= 4 is 11.8 Å². The van der Waals surface area contributed by atoms with Crippen LogP contribution >= 0.6 is 0 Å². The van der Waals surface area contributed by atoms with Gasteiger partial charge in [-0.3, -0.25) is 9.59 Å². The lowest BCUT2D eigenvalue weighted by atomic mass is 9.42. The van der Waals surface area contributed by atoms with Gasteiger partial charge in [0.05, 0.1) is 12.2 Å². The molecule has 3 unspecified atom stereocenters. The van der Waals surface area contributed by atoms with Crippen molar-refractivity contribution in [3.05, 3.63) is 35.3 Å². The Labute approximate surface area is 178 Å². The Morgan fingerprint density at radius 3 is 2.73 bits per heavy atom. The van der Waals surface area contributed by atoms with Crippen molar-refractivity contribution in [2.45, 2.75) is 72.3 Å². The SMILES string of the molecule is CC(C)=CCOC(=O)[C@@H]1c2ccoc2CC2C1[C@@H](O)C(=O)C1C(C)(C)CCC[C@]21C. The van der Waals surface area contributed by atoms with Gasteiger partial charge in [-0.15, -0.1) is 0 Å². The molecule has 30 heavy (non-hydrogen) atoms. The summed E-state index contributed by atoms with van der Waals surface area (Å²) in [6.45, 7) is 10.6. The summed E-state index contributed by atoms with van der Waals surface area (Å²) >= 11 is 0. The second-order valence-corrected chi connectivity index (χ2v) is 10.7. The Balaban J connectivity index is 1.76. The highest BCUT2D eigenvalue weighted by molar-refractivity contribution is 5.90. The molecule has 1 N–H and O–H groups in total. The first-order valence-corrected chi connectivity index (χ1v) is 11.2. The van der Waals surface area contributed by atoms with E-state index >= 15 is 0 Å². The molecule has 1 heterocycles. The third-order valence-corrected chi connectivity index (χ3v) is 8.11. The minimum Gasteiger partial charge on any atom is -0.469 e. The average molecular weight is 415 g/mol. The van der Waals surface area contributed by atoms with Gasteiger partial charge in [0.25, 0.3) is 0 Å². The smallest absolute Gasteiger partial charge is 0.314 e. The van der Waals surface area contributed by atoms with E-state index in [-0.39, 0.29) is 41.0 Å². The number of carbonyl (C=O) groups excluding carboxylic acids is 2. The lowest BCUT2D eigenvalue weighted by Crippen LogP contribution is -2.64. The molecule has 0 bridgehead atoms. The Hall–Kier alpha value is -1.88. The quantitative estimate of drug-likeness (QED) is 0.585. The molecule has 5 nitrogen and oxygen atoms in total. The average Bonchev–Trinajstić information content (AvgIpc) is 3.12. The van der Waals surface area contributed by atoms with E-state index in [1.807, 2.05) is 19.9 Å². The van der Waals surface area contributed by atoms with E-state index in [1.165, 1.54) is 0 Å². The van der Waals surface area contributed by atoms with Crippen LogP contribution in [0.15, 0.2) is 28.4 Å². The third-order valence-electron chi connectivity index (χ3n) is 8.11. The molecule has 2 saturated carbocycles. The predicted octanol–water partition coefficient (Wildman–Crippen LogP) is 4.44. The van der Waals surface area contributed by atoms with Gasteiger partial charge in [-0.25, -0.2) is 0 Å². The van der Waals surface area contributed by atoms with Crippen molar-refractivity contribution in [1.82, 2.24) is 0 Å². The molecule has 3 aliphatic rings. The molecular formula is C25H34O5. The Morgan fingerprint density at radius 2 is 2.03 bits per heavy atom. The molecular weight excluding hydrogens is 380 g/mol. The largest absolute Gasteiger partial charge is 0.469 e. The number of esters is 1. The number of allylic oxidation sites excluding steroid dienone is 1. The van der Waals surface area contributed by atoms with Gasteiger partial charge in [0.2, 0.25) is 0 Å². The van der Waals surface area contributed by atoms with Gasteiger partial charge in [0.1, 0.15) is 18.5 Å². The van der Waals surface area contributed by atoms with Crippen LogP contribution in [0.3, 0.4) is 0 Å². The summed E-state index contributed by atoms with van der Waals surface area (Å²) in [6, 6.07) is 1.80. The van der Waals surface area contributed by atoms with Crippen molar-refractivity contribution in [3.8, 4) is 0 Å². The summed E-state index contributed by atoms with van der Waals surface area (Å²) < 4.78 is 11.4. The lowest BCUT2D eigenvalue weighted by molar-refractivity contribution is -0.180. The number of aliphatic hydroxyl groups is 1. The van der Waals surface area contributed by atoms with E-state index in [9.17, 15) is 14.7 Å². The molecule has 0 saturated heterocycles. The highest BCUT2D eigenvalue weighted by atomic mass is 16.5. The Kier molecular flexibility index (Phi) is 5.24. The van der Waals surface area contributed by atoms with Crippen molar-refractivity contribution in [1.29, 1.82) is 0 Å². The van der Waals surface area contributed by atoms with Crippen molar-refractivity contribution in [2.75, 3.05) is 6.61 Å². The molecule has 1 aromatic heterocycles. The fraction of sp³-hybridized carbons (Fsp3) is 0.680. The molecule has 1 aromatic rings. The fourth-order valence-electron chi connectivity index (χ4n) is 6.88. The number of rotatable bonds is 3. The van der Waals surface area contributed by atoms with Crippen LogP contribution in [0.5, 0.6) is 0 Å². The molecule has 164 valence electrons. The van der Waals surface area contributed by atoms with Crippen LogP contribution in [-0.2, 0) is 20.7 Å². The molecule has 2 fully saturated rings. The van der Waals surface area contributed by atoms with E-state index in [0.29, 0.717) is 6.42 Å². The van der Waals surface area contributed by atoms with Crippen molar-refractivity contribution in [2.24, 2.45) is 28.6 Å². The van der Waals surface area contributed by atoms with Gasteiger partial charge in [0, 0.05) is 23.8 Å². The summed E-state index contributed by atoms with van der Waals surface area (Å²) in [5.74, 6) is -1.05. The Bertz CT molecular complexity index is 874. The first kappa shape index (κ1) is 21.4. The number of aliphatic hydroxyl groups excluding tert-OH is 1. The normalized spacial score (nSPS) is 36.9. The van der Waals surface area contributed by atoms with Gasteiger partial charge in [-0.1, -0.05) is 32.8 Å². The Morgan fingerprint density at radius 1 is 1.30 bits per heavy atom. The summed E-state index contributed by atoms with van der Waals surface area (Å²) in [6.07, 6.45) is 5.91. The van der Waals surface area contributed by atoms with Gasteiger partial charge in [-0.05, 0) is 55.6 Å². The number of Topliss-reactive ketones (excluding diaryl/α,β-unsaturated/α-hetero) is 1. The maximum absolute atomic E-state index is 13.5. The molecule has 0 radical (unpaired) electrons. The monoisotopic (exact) mass is 414 g/mol. The first-order valence-electron chi connectivity index (χ1n) is 11.2. The zero-order valence-corrected chi connectivity index (χ0v) is 18.7. The molecule has 4 rings (SSSR count). The van der Waals surface area contributed by atoms with Crippen molar-refractivity contribution in [3.63, 3.8) is 0 Å². The van der Waals surface area contributed by atoms with E-state index in [0.717, 1.165) is 36.2 Å². The maximum Gasteiger partial charge on any atom is 0.314 e. The topological polar surface area (TPSA) is 76.7 Å². The molecule has 0 spiro atoms. The van der Waals surface area contributed by atoms with Crippen LogP contribution in [0.1, 0.15) is 71.1 Å². The van der Waals surface area contributed by atoms with Crippen LogP contribution < -0.4 is 0 Å². The summed E-state index contributed by atoms with van der Waals surface area (Å²) in [5, 5.41) is 11.3. The van der Waals surface area contributed by atoms with E-state index in [2.05, 4.69) is 20.8 Å². The van der Waals surface area contributed by atoms with Gasteiger partial charge >= 0.3 is 5.97 Å². The summed E-state index contributed by atoms with van der Waals surface area (Å²) in [7, 11) is 0. The highest BCUT2D eigenvalue weighted by Crippen LogP contribution is 2.63. The van der Waals surface area contributed by atoms with Crippen LogP contribution in [-0.4, -0.2) is 29.6 Å². The molecule has 5 heteroatoms. The highest BCUT2D eigenvalue weighted by Gasteiger charge is 2.65. The summed E-state index contributed by atoms with van der Waals surface area (Å²) in [5.41, 5.74) is 1.40. The molecule has 0 aliphatic heterocycles. The number of ketones is 1. The third kappa shape index (κ3) is 3.17. The number of hydrogen-bond acceptors (Lipinski definition) is 5. The number of carbonyl (C=O) groups is 2. The second kappa shape index (κ2) is 7.37. The maximum atomic E-state index is 13.5. The standard InChI is InChI=1S/C25H34O5/c1-14(2)7-11-30-23(28)18-15-8-12-29-17(15)13-16-19(18)20(26)21(27)22-24(3,4)9-6-10-25(16,22)5/h7-8,12,16,18-20,22,26H,6,9-11,13H2,1-5H3/t16?,18-,19?,20-,22?,25-/m1/s1. The van der Waals surface area contributed by atoms with Crippen molar-refractivity contribution < 1.29 is 23.8 Å². The zero-order chi connectivity index (χ0) is 21.8. The number of fused-ring (bicyclic) bond motifs is 4. The van der Waals surface area contributed by atoms with Gasteiger partial charge in [-0.2, -0.15) is 0 Å². The lowest BCUT2D eigenvalue weighted by Gasteiger charge is -2.61. The zero-order valence-electron chi connectivity index (χ0n) is 18.7. The number of furan rings is 1. The summed E-state index contributed by atoms with van der Waals surface area (Å²) in [4.78, 5) is 26.7. The van der Waals surface area contributed by atoms with Gasteiger partial charge < -0.3 is 14.3 Å². The van der Waals surface area contributed by atoms with Crippen LogP contribution in [0.4, 0.5) is 0 Å². The van der Waals surface area contributed by atoms with E-state index in [4.69, 9.17) is 9.15 Å². The number of hydrogen-bond donors (Lipinski definition) is 1. The first-order chi connectivity index (χ1) is 14.1. The van der Waals surface area contributed by atoms with Crippen LogP contribution in [0.2, 0.25) is 0 Å². The number of ether oxygens (including phenoxy) is 1. The predicted molar refractivity (Wildman–Crippen MR) is 113 cm³/mol. The molecule has 3 aliphatic carbocycles.